The molecule has 22 heavy (non-hydrogen) atoms. The van der Waals surface area contributed by atoms with E-state index in [1.165, 1.54) is 12.8 Å². The van der Waals surface area contributed by atoms with Gasteiger partial charge in [-0.1, -0.05) is 36.6 Å². The van der Waals surface area contributed by atoms with Gasteiger partial charge in [-0.25, -0.2) is 0 Å². The highest BCUT2D eigenvalue weighted by atomic mass is 35.5. The van der Waals surface area contributed by atoms with Gasteiger partial charge in [-0.3, -0.25) is 4.79 Å². The molecule has 4 heteroatoms. The molecule has 0 atom stereocenters. The Hall–Kier alpha value is -1.06. The third-order valence-corrected chi connectivity index (χ3v) is 5.86. The summed E-state index contributed by atoms with van der Waals surface area (Å²) in [5.41, 5.74) is 0.778. The number of amides is 1. The lowest BCUT2D eigenvalue weighted by Gasteiger charge is -2.42. The SMILES string of the molecule is O=C(N1CCOC2(CCCC2)C1)C1(c2ccc(Cl)cc2)CC1. The van der Waals surface area contributed by atoms with Gasteiger partial charge in [-0.05, 0) is 43.4 Å². The summed E-state index contributed by atoms with van der Waals surface area (Å²) in [5.74, 6) is 0.296. The van der Waals surface area contributed by atoms with E-state index in [0.717, 1.165) is 49.4 Å². The third-order valence-electron chi connectivity index (χ3n) is 5.61. The van der Waals surface area contributed by atoms with Crippen LogP contribution in [0.2, 0.25) is 5.02 Å². The van der Waals surface area contributed by atoms with Gasteiger partial charge in [0.1, 0.15) is 0 Å². The summed E-state index contributed by atoms with van der Waals surface area (Å²) < 4.78 is 6.05. The summed E-state index contributed by atoms with van der Waals surface area (Å²) in [4.78, 5) is 15.2. The zero-order chi connectivity index (χ0) is 15.2. The summed E-state index contributed by atoms with van der Waals surface area (Å²) >= 11 is 5.98. The lowest BCUT2D eigenvalue weighted by molar-refractivity contribution is -0.152. The number of carbonyl (C=O) groups is 1. The Morgan fingerprint density at radius 3 is 2.41 bits per heavy atom. The number of benzene rings is 1. The second kappa shape index (κ2) is 5.24. The topological polar surface area (TPSA) is 29.5 Å². The predicted molar refractivity (Wildman–Crippen MR) is 86.1 cm³/mol. The first-order chi connectivity index (χ1) is 10.6. The highest BCUT2D eigenvalue weighted by molar-refractivity contribution is 6.30. The van der Waals surface area contributed by atoms with Gasteiger partial charge in [0.05, 0.1) is 17.6 Å². The van der Waals surface area contributed by atoms with E-state index < -0.39 is 0 Å². The van der Waals surface area contributed by atoms with Crippen LogP contribution in [0.15, 0.2) is 24.3 Å². The van der Waals surface area contributed by atoms with Crippen molar-refractivity contribution in [3.63, 3.8) is 0 Å². The quantitative estimate of drug-likeness (QED) is 0.834. The van der Waals surface area contributed by atoms with Gasteiger partial charge in [-0.15, -0.1) is 0 Å². The van der Waals surface area contributed by atoms with Crippen molar-refractivity contribution in [2.75, 3.05) is 19.7 Å². The van der Waals surface area contributed by atoms with E-state index in [-0.39, 0.29) is 11.0 Å². The molecule has 1 heterocycles. The van der Waals surface area contributed by atoms with Gasteiger partial charge < -0.3 is 9.64 Å². The van der Waals surface area contributed by atoms with E-state index in [9.17, 15) is 4.79 Å². The van der Waals surface area contributed by atoms with Crippen LogP contribution in [0.4, 0.5) is 0 Å². The Labute approximate surface area is 136 Å². The highest BCUT2D eigenvalue weighted by Crippen LogP contribution is 2.50. The molecule has 0 bridgehead atoms. The van der Waals surface area contributed by atoms with Crippen LogP contribution in [0.25, 0.3) is 0 Å². The summed E-state index contributed by atoms with van der Waals surface area (Å²) in [5, 5.41) is 0.725. The predicted octanol–water partition coefficient (Wildman–Crippen LogP) is 3.54. The Bertz CT molecular complexity index is 573. The smallest absolute Gasteiger partial charge is 0.233 e. The summed E-state index contributed by atoms with van der Waals surface area (Å²) in [6, 6.07) is 7.81. The first-order valence-electron chi connectivity index (χ1n) is 8.33. The van der Waals surface area contributed by atoms with Gasteiger partial charge in [0.15, 0.2) is 0 Å². The number of nitrogens with zero attached hydrogens (tertiary/aromatic N) is 1. The molecule has 0 aromatic heterocycles. The number of halogens is 1. The first-order valence-corrected chi connectivity index (χ1v) is 8.71. The molecule has 1 spiro atoms. The fraction of sp³-hybridized carbons (Fsp3) is 0.611. The summed E-state index contributed by atoms with van der Waals surface area (Å²) in [6.45, 7) is 2.19. The molecule has 2 saturated carbocycles. The van der Waals surface area contributed by atoms with Crippen LogP contribution < -0.4 is 0 Å². The molecule has 0 unspecified atom stereocenters. The van der Waals surface area contributed by atoms with Gasteiger partial charge in [0.2, 0.25) is 5.91 Å². The van der Waals surface area contributed by atoms with Gasteiger partial charge in [0, 0.05) is 18.1 Å². The van der Waals surface area contributed by atoms with E-state index in [1.54, 1.807) is 0 Å². The maximum atomic E-state index is 13.1. The number of hydrogen-bond donors (Lipinski definition) is 0. The summed E-state index contributed by atoms with van der Waals surface area (Å²) in [7, 11) is 0. The van der Waals surface area contributed by atoms with Crippen molar-refractivity contribution in [3.8, 4) is 0 Å². The van der Waals surface area contributed by atoms with Crippen molar-refractivity contribution in [1.29, 1.82) is 0 Å². The molecule has 2 aliphatic carbocycles. The van der Waals surface area contributed by atoms with Gasteiger partial charge in [0.25, 0.3) is 0 Å². The molecule has 3 fully saturated rings. The average Bonchev–Trinajstić information content (AvgIpc) is 3.23. The van der Waals surface area contributed by atoms with E-state index in [1.807, 2.05) is 24.3 Å². The Morgan fingerprint density at radius 2 is 1.77 bits per heavy atom. The molecule has 0 radical (unpaired) electrons. The van der Waals surface area contributed by atoms with Gasteiger partial charge >= 0.3 is 0 Å². The minimum Gasteiger partial charge on any atom is -0.371 e. The number of morpholine rings is 1. The standard InChI is InChI=1S/C18H22ClNO2/c19-15-5-3-14(4-6-15)18(9-10-18)16(21)20-11-12-22-17(13-20)7-1-2-8-17/h3-6H,1-2,7-13H2. The molecular formula is C18H22ClNO2. The van der Waals surface area contributed by atoms with Crippen molar-refractivity contribution in [2.45, 2.75) is 49.5 Å². The summed E-state index contributed by atoms with van der Waals surface area (Å²) in [6.07, 6.45) is 6.57. The number of carbonyl (C=O) groups excluding carboxylic acids is 1. The van der Waals surface area contributed by atoms with Crippen LogP contribution in [0.5, 0.6) is 0 Å². The van der Waals surface area contributed by atoms with Crippen LogP contribution in [0.1, 0.15) is 44.1 Å². The lowest BCUT2D eigenvalue weighted by Crippen LogP contribution is -2.54. The largest absolute Gasteiger partial charge is 0.371 e. The minimum absolute atomic E-state index is 0.0516. The van der Waals surface area contributed by atoms with E-state index in [4.69, 9.17) is 16.3 Å². The van der Waals surface area contributed by atoms with Crippen LogP contribution in [0, 0.1) is 0 Å². The Kier molecular flexibility index (Phi) is 3.46. The molecular weight excluding hydrogens is 298 g/mol. The zero-order valence-electron chi connectivity index (χ0n) is 12.8. The van der Waals surface area contributed by atoms with E-state index >= 15 is 0 Å². The maximum absolute atomic E-state index is 13.1. The van der Waals surface area contributed by atoms with E-state index in [0.29, 0.717) is 12.5 Å². The van der Waals surface area contributed by atoms with Gasteiger partial charge in [-0.2, -0.15) is 0 Å². The third kappa shape index (κ3) is 2.35. The lowest BCUT2D eigenvalue weighted by atomic mass is 9.92. The molecule has 0 N–H and O–H groups in total. The number of hydrogen-bond acceptors (Lipinski definition) is 2. The fourth-order valence-corrected chi connectivity index (χ4v) is 4.29. The average molecular weight is 320 g/mol. The van der Waals surface area contributed by atoms with Crippen molar-refractivity contribution in [2.24, 2.45) is 0 Å². The second-order valence-electron chi connectivity index (χ2n) is 7.05. The van der Waals surface area contributed by atoms with Crippen LogP contribution in [-0.2, 0) is 14.9 Å². The zero-order valence-corrected chi connectivity index (χ0v) is 13.6. The van der Waals surface area contributed by atoms with Crippen LogP contribution in [0.3, 0.4) is 0 Å². The normalized spacial score (nSPS) is 25.4. The van der Waals surface area contributed by atoms with Crippen molar-refractivity contribution in [1.82, 2.24) is 4.90 Å². The second-order valence-corrected chi connectivity index (χ2v) is 7.49. The minimum atomic E-state index is -0.290. The molecule has 1 aliphatic heterocycles. The molecule has 4 rings (SSSR count). The molecule has 1 amide bonds. The molecule has 1 saturated heterocycles. The molecule has 3 aliphatic rings. The monoisotopic (exact) mass is 319 g/mol. The van der Waals surface area contributed by atoms with Crippen LogP contribution >= 0.6 is 11.6 Å². The van der Waals surface area contributed by atoms with Crippen LogP contribution in [-0.4, -0.2) is 36.1 Å². The first kappa shape index (κ1) is 14.5. The Balaban J connectivity index is 1.55. The molecule has 1 aromatic rings. The van der Waals surface area contributed by atoms with E-state index in [2.05, 4.69) is 4.90 Å². The highest BCUT2D eigenvalue weighted by Gasteiger charge is 2.54. The number of ether oxygens (including phenoxy) is 1. The molecule has 118 valence electrons. The van der Waals surface area contributed by atoms with Crippen molar-refractivity contribution >= 4 is 17.5 Å². The Morgan fingerprint density at radius 1 is 1.09 bits per heavy atom. The molecule has 3 nitrogen and oxygen atoms in total. The number of rotatable bonds is 2. The fourth-order valence-electron chi connectivity index (χ4n) is 4.16. The van der Waals surface area contributed by atoms with Crippen molar-refractivity contribution in [3.05, 3.63) is 34.9 Å². The molecule has 1 aromatic carbocycles. The maximum Gasteiger partial charge on any atom is 0.233 e. The van der Waals surface area contributed by atoms with Crippen molar-refractivity contribution < 1.29 is 9.53 Å².